The summed E-state index contributed by atoms with van der Waals surface area (Å²) in [5.74, 6) is 0.374. The number of rotatable bonds is 8. The van der Waals surface area contributed by atoms with E-state index in [1.807, 2.05) is 41.4 Å². The van der Waals surface area contributed by atoms with Crippen LogP contribution in [0.15, 0.2) is 54.7 Å². The summed E-state index contributed by atoms with van der Waals surface area (Å²) < 4.78 is 0. The van der Waals surface area contributed by atoms with Gasteiger partial charge in [0.05, 0.1) is 37.1 Å². The number of β-amino-alcohol motifs (C(OH)–C–C–N with tert-alkyl or cyclic N) is 1. The van der Waals surface area contributed by atoms with Gasteiger partial charge in [0.15, 0.2) is 0 Å². The highest BCUT2D eigenvalue weighted by Crippen LogP contribution is 2.27. The van der Waals surface area contributed by atoms with Gasteiger partial charge in [-0.1, -0.05) is 43.3 Å². The minimum Gasteiger partial charge on any atom is -0.388 e. The second kappa shape index (κ2) is 12.6. The zero-order valence-electron chi connectivity index (χ0n) is 23.0. The van der Waals surface area contributed by atoms with Gasteiger partial charge in [-0.05, 0) is 36.5 Å². The summed E-state index contributed by atoms with van der Waals surface area (Å²) in [4.78, 5) is 38.8. The molecular formula is C30H42N6O3. The smallest absolute Gasteiger partial charge is 0.226 e. The lowest BCUT2D eigenvalue weighted by molar-refractivity contribution is -0.146. The summed E-state index contributed by atoms with van der Waals surface area (Å²) in [6.07, 6.45) is 3.73. The van der Waals surface area contributed by atoms with Crippen molar-refractivity contribution in [2.45, 2.75) is 56.8 Å². The van der Waals surface area contributed by atoms with Crippen LogP contribution in [-0.4, -0.2) is 106 Å². The van der Waals surface area contributed by atoms with Crippen molar-refractivity contribution >= 4 is 11.8 Å². The lowest BCUT2D eigenvalue weighted by atomic mass is 9.89. The highest BCUT2D eigenvalue weighted by atomic mass is 16.3. The molecule has 0 saturated carbocycles. The number of carbonyl (C=O) groups excluding carboxylic acids is 2. The number of aliphatic hydroxyl groups is 1. The molecule has 3 saturated heterocycles. The summed E-state index contributed by atoms with van der Waals surface area (Å²) in [5.41, 5.74) is 1.30. The molecular weight excluding hydrogens is 492 g/mol. The Balaban J connectivity index is 1.04. The van der Waals surface area contributed by atoms with E-state index in [0.29, 0.717) is 52.0 Å². The molecule has 9 heteroatoms. The molecule has 1 unspecified atom stereocenters. The van der Waals surface area contributed by atoms with Crippen LogP contribution >= 0.6 is 0 Å². The minimum absolute atomic E-state index is 0.0338. The summed E-state index contributed by atoms with van der Waals surface area (Å²) in [6, 6.07) is 16.1. The van der Waals surface area contributed by atoms with Gasteiger partial charge in [-0.25, -0.2) is 0 Å². The fraction of sp³-hybridized carbons (Fsp3) is 0.567. The Morgan fingerprint density at radius 3 is 2.44 bits per heavy atom. The van der Waals surface area contributed by atoms with Crippen LogP contribution in [0.4, 0.5) is 0 Å². The number of hydrogen-bond donors (Lipinski definition) is 2. The largest absolute Gasteiger partial charge is 0.388 e. The van der Waals surface area contributed by atoms with Crippen LogP contribution in [-0.2, 0) is 16.1 Å². The molecule has 1 aromatic carbocycles. The number of aromatic nitrogens is 1. The highest BCUT2D eigenvalue weighted by Gasteiger charge is 2.39. The predicted molar refractivity (Wildman–Crippen MR) is 149 cm³/mol. The summed E-state index contributed by atoms with van der Waals surface area (Å²) in [5, 5.41) is 14.8. The first-order chi connectivity index (χ1) is 18.9. The van der Waals surface area contributed by atoms with Crippen molar-refractivity contribution in [3.05, 3.63) is 66.0 Å². The van der Waals surface area contributed by atoms with Crippen LogP contribution in [0.2, 0.25) is 0 Å². The van der Waals surface area contributed by atoms with Gasteiger partial charge < -0.3 is 14.9 Å². The van der Waals surface area contributed by atoms with E-state index in [9.17, 15) is 14.7 Å². The summed E-state index contributed by atoms with van der Waals surface area (Å²) >= 11 is 0. The van der Waals surface area contributed by atoms with Crippen molar-refractivity contribution < 1.29 is 14.7 Å². The fourth-order valence-electron chi connectivity index (χ4n) is 6.00. The van der Waals surface area contributed by atoms with Crippen molar-refractivity contribution in [2.75, 3.05) is 52.5 Å². The molecule has 2 amide bonds. The lowest BCUT2D eigenvalue weighted by Gasteiger charge is -2.45. The Hall–Kier alpha value is -2.85. The maximum Gasteiger partial charge on any atom is 0.226 e. The standard InChI is InChI=1S/C30H42N6O3/c1-24(25-7-3-2-4-8-25)19-28(37)35-13-10-30(39,11-14-35)22-36-23-32-27(20-29(36)38)34-17-15-33(16-18-34)21-26-9-5-6-12-31-26/h2-9,12,24,27,32,39H,10-11,13-23H2,1H3/t24-,27?/m1/s1. The van der Waals surface area contributed by atoms with E-state index in [4.69, 9.17) is 0 Å². The number of nitrogens with zero attached hydrogens (tertiary/aromatic N) is 5. The number of likely N-dealkylation sites (tertiary alicyclic amines) is 1. The predicted octanol–water partition coefficient (Wildman–Crippen LogP) is 1.85. The van der Waals surface area contributed by atoms with Crippen molar-refractivity contribution in [3.63, 3.8) is 0 Å². The molecule has 3 fully saturated rings. The van der Waals surface area contributed by atoms with Gasteiger partial charge in [0, 0.05) is 58.4 Å². The number of piperidine rings is 1. The number of carbonyl (C=O) groups is 2. The Morgan fingerprint density at radius 2 is 1.77 bits per heavy atom. The molecule has 3 aliphatic rings. The molecule has 5 rings (SSSR count). The first-order valence-electron chi connectivity index (χ1n) is 14.3. The molecule has 0 spiro atoms. The fourth-order valence-corrected chi connectivity index (χ4v) is 6.00. The molecule has 1 aromatic heterocycles. The molecule has 210 valence electrons. The van der Waals surface area contributed by atoms with Crippen molar-refractivity contribution in [1.29, 1.82) is 0 Å². The third kappa shape index (κ3) is 7.22. The Kier molecular flexibility index (Phi) is 8.92. The molecule has 39 heavy (non-hydrogen) atoms. The first-order valence-corrected chi connectivity index (χ1v) is 14.3. The molecule has 2 atom stereocenters. The zero-order valence-corrected chi connectivity index (χ0v) is 23.0. The monoisotopic (exact) mass is 534 g/mol. The van der Waals surface area contributed by atoms with Crippen molar-refractivity contribution in [3.8, 4) is 0 Å². The molecule has 0 aliphatic carbocycles. The molecule has 9 nitrogen and oxygen atoms in total. The summed E-state index contributed by atoms with van der Waals surface area (Å²) in [7, 11) is 0. The lowest BCUT2D eigenvalue weighted by Crippen LogP contribution is -2.63. The Labute approximate surface area is 231 Å². The van der Waals surface area contributed by atoms with E-state index in [-0.39, 0.29) is 23.9 Å². The SMILES string of the molecule is C[C@H](CC(=O)N1CCC(O)(CN2CNC(N3CCN(Cc4ccccn4)CC3)CC2=O)CC1)c1ccccc1. The average Bonchev–Trinajstić information content (AvgIpc) is 2.96. The molecule has 2 N–H and O–H groups in total. The number of hydrogen-bond acceptors (Lipinski definition) is 7. The van der Waals surface area contributed by atoms with Gasteiger partial charge in [-0.2, -0.15) is 0 Å². The minimum atomic E-state index is -0.955. The van der Waals surface area contributed by atoms with Crippen LogP contribution in [0.5, 0.6) is 0 Å². The Morgan fingerprint density at radius 1 is 1.05 bits per heavy atom. The second-order valence-corrected chi connectivity index (χ2v) is 11.4. The molecule has 4 heterocycles. The molecule has 0 bridgehead atoms. The third-order valence-electron chi connectivity index (χ3n) is 8.58. The third-order valence-corrected chi connectivity index (χ3v) is 8.58. The average molecular weight is 535 g/mol. The van der Waals surface area contributed by atoms with Crippen LogP contribution in [0, 0.1) is 0 Å². The number of benzene rings is 1. The van der Waals surface area contributed by atoms with E-state index < -0.39 is 5.60 Å². The number of amides is 2. The quantitative estimate of drug-likeness (QED) is 0.534. The molecule has 2 aromatic rings. The van der Waals surface area contributed by atoms with Gasteiger partial charge in [0.25, 0.3) is 0 Å². The number of nitrogens with one attached hydrogen (secondary N) is 1. The maximum atomic E-state index is 13.1. The van der Waals surface area contributed by atoms with E-state index in [1.54, 1.807) is 4.90 Å². The van der Waals surface area contributed by atoms with Crippen LogP contribution in [0.3, 0.4) is 0 Å². The van der Waals surface area contributed by atoms with Gasteiger partial charge >= 0.3 is 0 Å². The van der Waals surface area contributed by atoms with Gasteiger partial charge in [0.2, 0.25) is 11.8 Å². The highest BCUT2D eigenvalue weighted by molar-refractivity contribution is 5.78. The molecule has 3 aliphatic heterocycles. The Bertz CT molecular complexity index is 1080. The number of piperazine rings is 1. The number of pyridine rings is 1. The first kappa shape index (κ1) is 27.7. The van der Waals surface area contributed by atoms with E-state index in [2.05, 4.69) is 45.2 Å². The van der Waals surface area contributed by atoms with Crippen molar-refractivity contribution in [1.82, 2.24) is 29.9 Å². The van der Waals surface area contributed by atoms with Crippen LogP contribution in [0.25, 0.3) is 0 Å². The van der Waals surface area contributed by atoms with E-state index in [1.165, 1.54) is 5.56 Å². The second-order valence-electron chi connectivity index (χ2n) is 11.4. The van der Waals surface area contributed by atoms with Crippen LogP contribution < -0.4 is 5.32 Å². The molecule has 0 radical (unpaired) electrons. The maximum absolute atomic E-state index is 13.1. The van der Waals surface area contributed by atoms with E-state index >= 15 is 0 Å². The van der Waals surface area contributed by atoms with Crippen LogP contribution in [0.1, 0.15) is 49.8 Å². The van der Waals surface area contributed by atoms with Gasteiger partial charge in [-0.15, -0.1) is 0 Å². The van der Waals surface area contributed by atoms with Gasteiger partial charge in [-0.3, -0.25) is 29.7 Å². The van der Waals surface area contributed by atoms with Gasteiger partial charge in [0.1, 0.15) is 0 Å². The summed E-state index contributed by atoms with van der Waals surface area (Å²) in [6.45, 7) is 8.46. The van der Waals surface area contributed by atoms with Crippen molar-refractivity contribution in [2.24, 2.45) is 0 Å². The normalized spacial score (nSPS) is 23.5. The zero-order chi connectivity index (χ0) is 27.2. The topological polar surface area (TPSA) is 92.2 Å². The van der Waals surface area contributed by atoms with E-state index in [0.717, 1.165) is 38.4 Å².